The Balaban J connectivity index is 1.90. The SMILES string of the molecule is CC1CCC2(CC1)CNC(C)NC2. The van der Waals surface area contributed by atoms with Gasteiger partial charge in [0.05, 0.1) is 6.17 Å². The summed E-state index contributed by atoms with van der Waals surface area (Å²) in [5, 5.41) is 7.09. The predicted molar refractivity (Wildman–Crippen MR) is 55.5 cm³/mol. The Morgan fingerprint density at radius 3 is 2.08 bits per heavy atom. The van der Waals surface area contributed by atoms with Gasteiger partial charge in [-0.05, 0) is 31.1 Å². The Labute approximate surface area is 81.5 Å². The average Bonchev–Trinajstić information content (AvgIpc) is 2.16. The smallest absolute Gasteiger partial charge is 0.0542 e. The summed E-state index contributed by atoms with van der Waals surface area (Å²) in [5.41, 5.74) is 0.596. The standard InChI is InChI=1S/C11H22N2/c1-9-3-5-11(6-4-9)7-12-10(2)13-8-11/h9-10,12-13H,3-8H2,1-2H3. The summed E-state index contributed by atoms with van der Waals surface area (Å²) >= 11 is 0. The molecule has 0 radical (unpaired) electrons. The van der Waals surface area contributed by atoms with Crippen LogP contribution >= 0.6 is 0 Å². The first-order valence-electron chi connectivity index (χ1n) is 5.67. The average molecular weight is 182 g/mol. The quantitative estimate of drug-likeness (QED) is 0.596. The fourth-order valence-corrected chi connectivity index (χ4v) is 2.60. The maximum absolute atomic E-state index is 3.55. The van der Waals surface area contributed by atoms with E-state index in [1.165, 1.54) is 38.8 Å². The van der Waals surface area contributed by atoms with Gasteiger partial charge in [-0.25, -0.2) is 0 Å². The van der Waals surface area contributed by atoms with Crippen molar-refractivity contribution in [2.75, 3.05) is 13.1 Å². The highest BCUT2D eigenvalue weighted by Crippen LogP contribution is 2.38. The number of hydrogen-bond donors (Lipinski definition) is 2. The van der Waals surface area contributed by atoms with Gasteiger partial charge < -0.3 is 10.6 Å². The minimum absolute atomic E-state index is 0.518. The molecular formula is C11H22N2. The predicted octanol–water partition coefficient (Wildman–Crippen LogP) is 1.72. The van der Waals surface area contributed by atoms with Gasteiger partial charge in [-0.2, -0.15) is 0 Å². The molecule has 13 heavy (non-hydrogen) atoms. The van der Waals surface area contributed by atoms with Gasteiger partial charge in [0.25, 0.3) is 0 Å². The first kappa shape index (κ1) is 9.47. The van der Waals surface area contributed by atoms with Crippen LogP contribution in [0.25, 0.3) is 0 Å². The summed E-state index contributed by atoms with van der Waals surface area (Å²) in [6, 6.07) is 0. The molecule has 1 aliphatic carbocycles. The second kappa shape index (κ2) is 3.58. The first-order chi connectivity index (χ1) is 6.20. The van der Waals surface area contributed by atoms with Gasteiger partial charge in [-0.3, -0.25) is 0 Å². The van der Waals surface area contributed by atoms with Crippen LogP contribution in [0.5, 0.6) is 0 Å². The van der Waals surface area contributed by atoms with Crippen LogP contribution in [0.1, 0.15) is 39.5 Å². The van der Waals surface area contributed by atoms with Crippen LogP contribution in [0, 0.1) is 11.3 Å². The van der Waals surface area contributed by atoms with Gasteiger partial charge in [-0.1, -0.05) is 19.8 Å². The van der Waals surface area contributed by atoms with Crippen molar-refractivity contribution in [3.8, 4) is 0 Å². The summed E-state index contributed by atoms with van der Waals surface area (Å²) in [4.78, 5) is 0. The van der Waals surface area contributed by atoms with Gasteiger partial charge in [-0.15, -0.1) is 0 Å². The van der Waals surface area contributed by atoms with Crippen molar-refractivity contribution in [3.63, 3.8) is 0 Å². The van der Waals surface area contributed by atoms with Crippen molar-refractivity contribution in [2.24, 2.45) is 11.3 Å². The number of hydrogen-bond acceptors (Lipinski definition) is 2. The normalized spacial score (nSPS) is 46.6. The van der Waals surface area contributed by atoms with Crippen molar-refractivity contribution < 1.29 is 0 Å². The van der Waals surface area contributed by atoms with Gasteiger partial charge in [0.2, 0.25) is 0 Å². The van der Waals surface area contributed by atoms with Gasteiger partial charge in [0.1, 0.15) is 0 Å². The topological polar surface area (TPSA) is 24.1 Å². The molecule has 1 aliphatic heterocycles. The van der Waals surface area contributed by atoms with Gasteiger partial charge >= 0.3 is 0 Å². The van der Waals surface area contributed by atoms with Crippen molar-refractivity contribution >= 4 is 0 Å². The van der Waals surface area contributed by atoms with Crippen LogP contribution in [0.3, 0.4) is 0 Å². The van der Waals surface area contributed by atoms with E-state index >= 15 is 0 Å². The highest BCUT2D eigenvalue weighted by molar-refractivity contribution is 4.92. The van der Waals surface area contributed by atoms with Crippen molar-refractivity contribution in [1.82, 2.24) is 10.6 Å². The zero-order valence-corrected chi connectivity index (χ0v) is 8.90. The van der Waals surface area contributed by atoms with Crippen LogP contribution in [0.2, 0.25) is 0 Å². The lowest BCUT2D eigenvalue weighted by molar-refractivity contribution is 0.107. The third-order valence-electron chi connectivity index (χ3n) is 3.90. The van der Waals surface area contributed by atoms with Crippen LogP contribution in [0.4, 0.5) is 0 Å². The Morgan fingerprint density at radius 1 is 1.00 bits per heavy atom. The molecule has 76 valence electrons. The molecule has 2 fully saturated rings. The first-order valence-corrected chi connectivity index (χ1v) is 5.67. The highest BCUT2D eigenvalue weighted by atomic mass is 15.2. The van der Waals surface area contributed by atoms with E-state index in [1.54, 1.807) is 0 Å². The molecule has 1 saturated carbocycles. The third-order valence-corrected chi connectivity index (χ3v) is 3.90. The molecule has 0 atom stereocenters. The molecule has 1 saturated heterocycles. The van der Waals surface area contributed by atoms with E-state index in [0.717, 1.165) is 5.92 Å². The molecule has 0 aromatic rings. The third kappa shape index (κ3) is 2.05. The molecule has 1 heterocycles. The summed E-state index contributed by atoms with van der Waals surface area (Å²) in [5.74, 6) is 0.963. The molecule has 2 heteroatoms. The summed E-state index contributed by atoms with van der Waals surface area (Å²) in [6.07, 6.45) is 6.21. The van der Waals surface area contributed by atoms with Crippen molar-refractivity contribution in [3.05, 3.63) is 0 Å². The van der Waals surface area contributed by atoms with Crippen LogP contribution in [0.15, 0.2) is 0 Å². The molecule has 0 aromatic heterocycles. The second-order valence-corrected chi connectivity index (χ2v) is 5.17. The maximum atomic E-state index is 3.55. The van der Waals surface area contributed by atoms with Gasteiger partial charge in [0, 0.05) is 13.1 Å². The van der Waals surface area contributed by atoms with E-state index in [-0.39, 0.29) is 0 Å². The molecule has 2 aliphatic rings. The zero-order valence-electron chi connectivity index (χ0n) is 8.90. The largest absolute Gasteiger partial charge is 0.302 e. The van der Waals surface area contributed by atoms with Crippen LogP contribution in [-0.4, -0.2) is 19.3 Å². The lowest BCUT2D eigenvalue weighted by atomic mass is 9.70. The van der Waals surface area contributed by atoms with Crippen LogP contribution < -0.4 is 10.6 Å². The molecule has 2 N–H and O–H groups in total. The highest BCUT2D eigenvalue weighted by Gasteiger charge is 2.36. The molecule has 1 spiro atoms. The van der Waals surface area contributed by atoms with Crippen molar-refractivity contribution in [1.29, 1.82) is 0 Å². The van der Waals surface area contributed by atoms with Crippen molar-refractivity contribution in [2.45, 2.75) is 45.7 Å². The number of nitrogens with one attached hydrogen (secondary N) is 2. The Morgan fingerprint density at radius 2 is 1.54 bits per heavy atom. The second-order valence-electron chi connectivity index (χ2n) is 5.17. The summed E-state index contributed by atoms with van der Waals surface area (Å²) in [7, 11) is 0. The summed E-state index contributed by atoms with van der Waals surface area (Å²) < 4.78 is 0. The van der Waals surface area contributed by atoms with E-state index < -0.39 is 0 Å². The fourth-order valence-electron chi connectivity index (χ4n) is 2.60. The van der Waals surface area contributed by atoms with Gasteiger partial charge in [0.15, 0.2) is 0 Å². The molecule has 2 rings (SSSR count). The van der Waals surface area contributed by atoms with E-state index in [4.69, 9.17) is 0 Å². The molecule has 0 amide bonds. The minimum Gasteiger partial charge on any atom is -0.302 e. The zero-order chi connectivity index (χ0) is 9.31. The molecule has 0 unspecified atom stereocenters. The Hall–Kier alpha value is -0.0800. The van der Waals surface area contributed by atoms with E-state index in [2.05, 4.69) is 24.5 Å². The Kier molecular flexibility index (Phi) is 2.61. The maximum Gasteiger partial charge on any atom is 0.0542 e. The molecular weight excluding hydrogens is 160 g/mol. The minimum atomic E-state index is 0.518. The van der Waals surface area contributed by atoms with E-state index in [0.29, 0.717) is 11.6 Å². The molecule has 0 bridgehead atoms. The summed E-state index contributed by atoms with van der Waals surface area (Å²) in [6.45, 7) is 7.05. The van der Waals surface area contributed by atoms with E-state index in [1.807, 2.05) is 0 Å². The Bertz CT molecular complexity index is 139. The molecule has 0 aromatic carbocycles. The lowest BCUT2D eigenvalue weighted by Gasteiger charge is -2.44. The van der Waals surface area contributed by atoms with E-state index in [9.17, 15) is 0 Å². The lowest BCUT2D eigenvalue weighted by Crippen LogP contribution is -2.57. The molecule has 2 nitrogen and oxygen atoms in total. The van der Waals surface area contributed by atoms with Crippen LogP contribution in [-0.2, 0) is 0 Å². The fraction of sp³-hybridized carbons (Fsp3) is 1.00. The number of rotatable bonds is 0. The monoisotopic (exact) mass is 182 g/mol.